The minimum absolute atomic E-state index is 0.277. The highest BCUT2D eigenvalue weighted by Gasteiger charge is 2.17. The van der Waals surface area contributed by atoms with E-state index in [4.69, 9.17) is 16.3 Å². The van der Waals surface area contributed by atoms with Crippen LogP contribution in [0.15, 0.2) is 30.5 Å². The number of piperazine rings is 1. The van der Waals surface area contributed by atoms with E-state index in [1.54, 1.807) is 25.4 Å². The minimum atomic E-state index is -0.277. The van der Waals surface area contributed by atoms with Gasteiger partial charge in [-0.05, 0) is 37.7 Å². The number of amides is 1. The molecule has 1 N–H and O–H groups in total. The van der Waals surface area contributed by atoms with Gasteiger partial charge in [-0.2, -0.15) is 0 Å². The molecule has 1 fully saturated rings. The van der Waals surface area contributed by atoms with Crippen molar-refractivity contribution in [2.24, 2.45) is 0 Å². The maximum Gasteiger partial charge on any atom is 0.274 e. The summed E-state index contributed by atoms with van der Waals surface area (Å²) < 4.78 is 5.31. The van der Waals surface area contributed by atoms with E-state index >= 15 is 0 Å². The van der Waals surface area contributed by atoms with E-state index in [2.05, 4.69) is 27.1 Å². The molecule has 1 aromatic carbocycles. The summed E-state index contributed by atoms with van der Waals surface area (Å²) in [5, 5.41) is 3.46. The summed E-state index contributed by atoms with van der Waals surface area (Å²) in [6, 6.07) is 7.26. The first kappa shape index (κ1) is 18.5. The fourth-order valence-electron chi connectivity index (χ4n) is 2.92. The van der Waals surface area contributed by atoms with Crippen LogP contribution in [0.4, 0.5) is 11.4 Å². The Hall–Kier alpha value is -2.31. The number of benzene rings is 1. The Bertz CT molecular complexity index is 804. The van der Waals surface area contributed by atoms with Crippen molar-refractivity contribution in [3.63, 3.8) is 0 Å². The van der Waals surface area contributed by atoms with Crippen molar-refractivity contribution >= 4 is 28.9 Å². The number of likely N-dealkylation sites (N-methyl/N-ethyl adjacent to an activating group) is 1. The molecule has 0 bridgehead atoms. The van der Waals surface area contributed by atoms with Crippen molar-refractivity contribution in [1.82, 2.24) is 9.88 Å². The number of ether oxygens (including phenoxy) is 1. The number of rotatable bonds is 4. The predicted octanol–water partition coefficient (Wildman–Crippen LogP) is 3.06. The fourth-order valence-corrected chi connectivity index (χ4v) is 3.07. The summed E-state index contributed by atoms with van der Waals surface area (Å²) in [5.74, 6) is 0.241. The Balaban J connectivity index is 1.78. The van der Waals surface area contributed by atoms with Gasteiger partial charge in [-0.15, -0.1) is 0 Å². The van der Waals surface area contributed by atoms with Gasteiger partial charge in [-0.1, -0.05) is 11.6 Å². The molecule has 1 aromatic heterocycles. The second kappa shape index (κ2) is 7.93. The molecular weight excluding hydrogens is 352 g/mol. The quantitative estimate of drug-likeness (QED) is 0.891. The third-order valence-electron chi connectivity index (χ3n) is 4.57. The van der Waals surface area contributed by atoms with Gasteiger partial charge < -0.3 is 19.9 Å². The first-order valence-electron chi connectivity index (χ1n) is 8.53. The maximum atomic E-state index is 12.7. The zero-order chi connectivity index (χ0) is 18.7. The van der Waals surface area contributed by atoms with E-state index in [1.165, 1.54) is 0 Å². The second-order valence-corrected chi connectivity index (χ2v) is 6.85. The lowest BCUT2D eigenvalue weighted by Gasteiger charge is -2.34. The van der Waals surface area contributed by atoms with E-state index in [0.717, 1.165) is 37.4 Å². The highest BCUT2D eigenvalue weighted by molar-refractivity contribution is 6.31. The summed E-state index contributed by atoms with van der Waals surface area (Å²) in [5.41, 5.74) is 2.82. The van der Waals surface area contributed by atoms with Gasteiger partial charge in [0, 0.05) is 49.2 Å². The average Bonchev–Trinajstić information content (AvgIpc) is 2.65. The minimum Gasteiger partial charge on any atom is -0.495 e. The summed E-state index contributed by atoms with van der Waals surface area (Å²) in [4.78, 5) is 21.5. The first-order valence-corrected chi connectivity index (χ1v) is 8.91. The number of anilines is 2. The molecule has 7 heteroatoms. The lowest BCUT2D eigenvalue weighted by atomic mass is 10.2. The van der Waals surface area contributed by atoms with Crippen LogP contribution in [0.3, 0.4) is 0 Å². The molecule has 2 aromatic rings. The van der Waals surface area contributed by atoms with Crippen LogP contribution in [-0.2, 0) is 0 Å². The molecule has 1 saturated heterocycles. The number of nitrogens with one attached hydrogen (secondary N) is 1. The Morgan fingerprint density at radius 2 is 1.96 bits per heavy atom. The number of aromatic nitrogens is 1. The summed E-state index contributed by atoms with van der Waals surface area (Å²) in [6.45, 7) is 5.76. The molecule has 138 valence electrons. The summed E-state index contributed by atoms with van der Waals surface area (Å²) in [6.07, 6.45) is 1.67. The zero-order valence-corrected chi connectivity index (χ0v) is 16.0. The van der Waals surface area contributed by atoms with E-state index < -0.39 is 0 Å². The number of methoxy groups -OCH3 is 1. The molecular formula is C19H23ClN4O2. The van der Waals surface area contributed by atoms with Crippen molar-refractivity contribution in [3.8, 4) is 5.75 Å². The van der Waals surface area contributed by atoms with Gasteiger partial charge in [0.2, 0.25) is 0 Å². The molecule has 0 unspecified atom stereocenters. The maximum absolute atomic E-state index is 12.7. The Morgan fingerprint density at radius 1 is 1.23 bits per heavy atom. The zero-order valence-electron chi connectivity index (χ0n) is 15.3. The topological polar surface area (TPSA) is 57.7 Å². The summed E-state index contributed by atoms with van der Waals surface area (Å²) >= 11 is 6.12. The van der Waals surface area contributed by atoms with Crippen molar-refractivity contribution in [1.29, 1.82) is 0 Å². The molecule has 0 saturated carbocycles. The van der Waals surface area contributed by atoms with Gasteiger partial charge >= 0.3 is 0 Å². The Kier molecular flexibility index (Phi) is 5.64. The molecule has 3 rings (SSSR count). The van der Waals surface area contributed by atoms with Crippen molar-refractivity contribution in [3.05, 3.63) is 46.7 Å². The van der Waals surface area contributed by atoms with Crippen LogP contribution in [0.2, 0.25) is 5.02 Å². The highest BCUT2D eigenvalue weighted by atomic mass is 35.5. The number of aryl methyl sites for hydroxylation is 1. The molecule has 0 spiro atoms. The van der Waals surface area contributed by atoms with Gasteiger partial charge in [0.25, 0.3) is 5.91 Å². The number of carbonyl (C=O) groups excluding carboxylic acids is 1. The van der Waals surface area contributed by atoms with Crippen LogP contribution in [0.5, 0.6) is 5.75 Å². The number of carbonyl (C=O) groups is 1. The van der Waals surface area contributed by atoms with Crippen LogP contribution < -0.4 is 15.0 Å². The van der Waals surface area contributed by atoms with Gasteiger partial charge in [0.05, 0.1) is 12.8 Å². The van der Waals surface area contributed by atoms with Crippen LogP contribution in [-0.4, -0.2) is 56.1 Å². The van der Waals surface area contributed by atoms with Crippen molar-refractivity contribution < 1.29 is 9.53 Å². The first-order chi connectivity index (χ1) is 12.5. The van der Waals surface area contributed by atoms with Gasteiger partial charge in [-0.3, -0.25) is 9.78 Å². The van der Waals surface area contributed by atoms with Crippen molar-refractivity contribution in [2.75, 3.05) is 50.6 Å². The summed E-state index contributed by atoms with van der Waals surface area (Å²) in [7, 11) is 3.66. The lowest BCUT2D eigenvalue weighted by molar-refractivity contribution is 0.102. The number of nitrogens with zero attached hydrogens (tertiary/aromatic N) is 3. The molecule has 1 aliphatic heterocycles. The molecule has 26 heavy (non-hydrogen) atoms. The standard InChI is InChI=1S/C19H23ClN4O2/c1-13-10-16(18(26-3)12-15(13)20)22-19(25)17-11-14(4-5-21-17)24-8-6-23(2)7-9-24/h4-5,10-12H,6-9H2,1-3H3,(H,22,25). The number of pyridine rings is 1. The normalized spacial score (nSPS) is 15.0. The molecule has 0 aliphatic carbocycles. The van der Waals surface area contributed by atoms with E-state index in [-0.39, 0.29) is 5.91 Å². The predicted molar refractivity (Wildman–Crippen MR) is 105 cm³/mol. The second-order valence-electron chi connectivity index (χ2n) is 6.45. The Morgan fingerprint density at radius 3 is 2.65 bits per heavy atom. The SMILES string of the molecule is COc1cc(Cl)c(C)cc1NC(=O)c1cc(N2CCN(C)CC2)ccn1. The molecule has 1 aliphatic rings. The average molecular weight is 375 g/mol. The third kappa shape index (κ3) is 4.08. The van der Waals surface area contributed by atoms with Crippen LogP contribution in [0.1, 0.15) is 16.1 Å². The Labute approximate surface area is 158 Å². The number of hydrogen-bond donors (Lipinski definition) is 1. The third-order valence-corrected chi connectivity index (χ3v) is 4.98. The molecule has 2 heterocycles. The van der Waals surface area contributed by atoms with Crippen molar-refractivity contribution in [2.45, 2.75) is 6.92 Å². The van der Waals surface area contributed by atoms with Crippen LogP contribution in [0.25, 0.3) is 0 Å². The van der Waals surface area contributed by atoms with Crippen LogP contribution in [0, 0.1) is 6.92 Å². The van der Waals surface area contributed by atoms with Gasteiger partial charge in [-0.25, -0.2) is 0 Å². The largest absolute Gasteiger partial charge is 0.495 e. The molecule has 1 amide bonds. The van der Waals surface area contributed by atoms with E-state index in [0.29, 0.717) is 22.2 Å². The fraction of sp³-hybridized carbons (Fsp3) is 0.368. The molecule has 0 atom stereocenters. The molecule has 6 nitrogen and oxygen atoms in total. The van der Waals surface area contributed by atoms with E-state index in [1.807, 2.05) is 19.1 Å². The smallest absolute Gasteiger partial charge is 0.274 e. The highest BCUT2D eigenvalue weighted by Crippen LogP contribution is 2.31. The lowest BCUT2D eigenvalue weighted by Crippen LogP contribution is -2.44. The number of hydrogen-bond acceptors (Lipinski definition) is 5. The van der Waals surface area contributed by atoms with Crippen LogP contribution >= 0.6 is 11.6 Å². The van der Waals surface area contributed by atoms with Gasteiger partial charge in [0.15, 0.2) is 0 Å². The molecule has 0 radical (unpaired) electrons. The monoisotopic (exact) mass is 374 g/mol. The number of halogens is 1. The van der Waals surface area contributed by atoms with Gasteiger partial charge in [0.1, 0.15) is 11.4 Å². The van der Waals surface area contributed by atoms with E-state index in [9.17, 15) is 4.79 Å².